The van der Waals surface area contributed by atoms with Crippen molar-refractivity contribution in [2.45, 2.75) is 26.2 Å². The van der Waals surface area contributed by atoms with E-state index in [0.29, 0.717) is 26.1 Å². The minimum Gasteiger partial charge on any atom is -0.357 e. The van der Waals surface area contributed by atoms with E-state index in [4.69, 9.17) is 0 Å². The maximum absolute atomic E-state index is 11.6. The lowest BCUT2D eigenvalue weighted by atomic mass is 10.4. The lowest BCUT2D eigenvalue weighted by Gasteiger charge is -2.26. The summed E-state index contributed by atoms with van der Waals surface area (Å²) in [5.41, 5.74) is 0. The summed E-state index contributed by atoms with van der Waals surface area (Å²) < 4.78 is 22.9. The number of hydrogen-bond acceptors (Lipinski definition) is 5. The molecule has 152 valence electrons. The fourth-order valence-electron chi connectivity index (χ4n) is 3.04. The molecule has 26 heavy (non-hydrogen) atoms. The fourth-order valence-corrected chi connectivity index (χ4v) is 4.32. The third-order valence-corrected chi connectivity index (χ3v) is 6.14. The quantitative estimate of drug-likeness (QED) is 0.209. The topological polar surface area (TPSA) is 94.1 Å². The van der Waals surface area contributed by atoms with Gasteiger partial charge in [0, 0.05) is 58.8 Å². The molecule has 0 saturated carbocycles. The van der Waals surface area contributed by atoms with Crippen LogP contribution in [0.2, 0.25) is 0 Å². The largest absolute Gasteiger partial charge is 0.357 e. The summed E-state index contributed by atoms with van der Waals surface area (Å²) in [7, 11) is -2.82. The van der Waals surface area contributed by atoms with E-state index in [-0.39, 0.29) is 41.4 Å². The molecule has 2 aliphatic rings. The highest BCUT2D eigenvalue weighted by molar-refractivity contribution is 14.0. The van der Waals surface area contributed by atoms with Gasteiger partial charge in [0.2, 0.25) is 5.91 Å². The Balaban J connectivity index is 0.00000338. The molecule has 0 aromatic heterocycles. The second-order valence-corrected chi connectivity index (χ2v) is 8.82. The SMILES string of the molecule is CCNC(=NCCCN1CCCC1=O)NCCN1CCS(=O)(=O)CC1.I. The van der Waals surface area contributed by atoms with Gasteiger partial charge in [0.1, 0.15) is 0 Å². The second-order valence-electron chi connectivity index (χ2n) is 6.52. The molecule has 0 bridgehead atoms. The molecule has 8 nitrogen and oxygen atoms in total. The van der Waals surface area contributed by atoms with E-state index < -0.39 is 9.84 Å². The average molecular weight is 501 g/mol. The Morgan fingerprint density at radius 2 is 1.88 bits per heavy atom. The molecule has 0 aliphatic carbocycles. The van der Waals surface area contributed by atoms with E-state index in [9.17, 15) is 13.2 Å². The Bertz CT molecular complexity index is 556. The molecule has 2 rings (SSSR count). The predicted molar refractivity (Wildman–Crippen MR) is 115 cm³/mol. The highest BCUT2D eigenvalue weighted by atomic mass is 127. The van der Waals surface area contributed by atoms with Crippen LogP contribution in [0.3, 0.4) is 0 Å². The lowest BCUT2D eigenvalue weighted by molar-refractivity contribution is -0.127. The molecule has 2 saturated heterocycles. The number of amides is 1. The molecule has 10 heteroatoms. The van der Waals surface area contributed by atoms with Crippen LogP contribution in [0.1, 0.15) is 26.2 Å². The third-order valence-electron chi connectivity index (χ3n) is 4.53. The van der Waals surface area contributed by atoms with Crippen LogP contribution in [0.4, 0.5) is 0 Å². The maximum Gasteiger partial charge on any atom is 0.222 e. The highest BCUT2D eigenvalue weighted by Gasteiger charge is 2.21. The molecular formula is C16H32IN5O3S. The molecule has 0 aromatic carbocycles. The van der Waals surface area contributed by atoms with Crippen molar-refractivity contribution in [1.29, 1.82) is 0 Å². The van der Waals surface area contributed by atoms with E-state index in [1.54, 1.807) is 0 Å². The highest BCUT2D eigenvalue weighted by Crippen LogP contribution is 2.09. The number of sulfone groups is 1. The first-order valence-electron chi connectivity index (χ1n) is 9.23. The number of hydrogen-bond donors (Lipinski definition) is 2. The third kappa shape index (κ3) is 8.38. The number of carbonyl (C=O) groups excluding carboxylic acids is 1. The number of halogens is 1. The van der Waals surface area contributed by atoms with Crippen molar-refractivity contribution in [2.75, 3.05) is 63.9 Å². The van der Waals surface area contributed by atoms with Crippen LogP contribution in [0.15, 0.2) is 4.99 Å². The van der Waals surface area contributed by atoms with Crippen molar-refractivity contribution in [2.24, 2.45) is 4.99 Å². The smallest absolute Gasteiger partial charge is 0.222 e. The minimum absolute atomic E-state index is 0. The summed E-state index contributed by atoms with van der Waals surface area (Å²) in [6.45, 7) is 7.92. The van der Waals surface area contributed by atoms with Crippen LogP contribution >= 0.6 is 24.0 Å². The first-order chi connectivity index (χ1) is 12.0. The first kappa shape index (κ1) is 23.4. The van der Waals surface area contributed by atoms with Gasteiger partial charge in [-0.05, 0) is 19.8 Å². The van der Waals surface area contributed by atoms with Crippen LogP contribution in [-0.2, 0) is 14.6 Å². The van der Waals surface area contributed by atoms with Crippen LogP contribution < -0.4 is 10.6 Å². The Morgan fingerprint density at radius 3 is 2.50 bits per heavy atom. The fraction of sp³-hybridized carbons (Fsp3) is 0.875. The molecule has 0 aromatic rings. The number of nitrogens with zero attached hydrogens (tertiary/aromatic N) is 3. The number of likely N-dealkylation sites (tertiary alicyclic amines) is 1. The van der Waals surface area contributed by atoms with E-state index in [1.165, 1.54) is 0 Å². The zero-order valence-corrected chi connectivity index (χ0v) is 18.7. The Labute approximate surface area is 174 Å². The molecular weight excluding hydrogens is 469 g/mol. The molecule has 2 N–H and O–H groups in total. The van der Waals surface area contributed by atoms with Gasteiger partial charge in [0.15, 0.2) is 15.8 Å². The van der Waals surface area contributed by atoms with Crippen molar-refractivity contribution in [3.8, 4) is 0 Å². The number of guanidine groups is 1. The standard InChI is InChI=1S/C16H31N5O3S.HI/c1-2-17-16(18-6-4-9-21-8-3-5-15(21)22)19-7-10-20-11-13-25(23,24)14-12-20;/h2-14H2,1H3,(H2,17,18,19);1H. The van der Waals surface area contributed by atoms with Crippen LogP contribution in [0.5, 0.6) is 0 Å². The zero-order valence-electron chi connectivity index (χ0n) is 15.6. The summed E-state index contributed by atoms with van der Waals surface area (Å²) in [4.78, 5) is 20.2. The predicted octanol–water partition coefficient (Wildman–Crippen LogP) is -0.0976. The number of nitrogens with one attached hydrogen (secondary N) is 2. The number of aliphatic imine (C=N–C) groups is 1. The summed E-state index contributed by atoms with van der Waals surface area (Å²) in [6, 6.07) is 0. The van der Waals surface area contributed by atoms with Crippen molar-refractivity contribution < 1.29 is 13.2 Å². The molecule has 0 spiro atoms. The molecule has 1 amide bonds. The molecule has 0 unspecified atom stereocenters. The lowest BCUT2D eigenvalue weighted by Crippen LogP contribution is -2.46. The van der Waals surface area contributed by atoms with E-state index in [0.717, 1.165) is 51.5 Å². The number of carbonyl (C=O) groups is 1. The Kier molecular flexibility index (Phi) is 10.8. The van der Waals surface area contributed by atoms with Crippen molar-refractivity contribution in [3.63, 3.8) is 0 Å². The van der Waals surface area contributed by atoms with Gasteiger partial charge < -0.3 is 15.5 Å². The zero-order chi connectivity index (χ0) is 18.1. The maximum atomic E-state index is 11.6. The summed E-state index contributed by atoms with van der Waals surface area (Å²) in [6.07, 6.45) is 2.53. The van der Waals surface area contributed by atoms with Gasteiger partial charge in [-0.15, -0.1) is 24.0 Å². The monoisotopic (exact) mass is 501 g/mol. The van der Waals surface area contributed by atoms with Gasteiger partial charge in [0.25, 0.3) is 0 Å². The van der Waals surface area contributed by atoms with Gasteiger partial charge in [0.05, 0.1) is 11.5 Å². The molecule has 0 atom stereocenters. The first-order valence-corrected chi connectivity index (χ1v) is 11.0. The molecule has 0 radical (unpaired) electrons. The van der Waals surface area contributed by atoms with Crippen LogP contribution in [-0.4, -0.2) is 93.9 Å². The average Bonchev–Trinajstić information content (AvgIpc) is 2.98. The second kappa shape index (κ2) is 12.0. The van der Waals surface area contributed by atoms with Crippen molar-refractivity contribution in [1.82, 2.24) is 20.4 Å². The Hall–Kier alpha value is -0.620. The normalized spacial score (nSPS) is 20.7. The van der Waals surface area contributed by atoms with E-state index in [2.05, 4.69) is 20.5 Å². The molecule has 2 fully saturated rings. The van der Waals surface area contributed by atoms with E-state index in [1.807, 2.05) is 11.8 Å². The molecule has 2 heterocycles. The minimum atomic E-state index is -2.82. The number of rotatable bonds is 8. The van der Waals surface area contributed by atoms with Crippen LogP contribution in [0.25, 0.3) is 0 Å². The molecule has 2 aliphatic heterocycles. The van der Waals surface area contributed by atoms with E-state index >= 15 is 0 Å². The summed E-state index contributed by atoms with van der Waals surface area (Å²) >= 11 is 0. The van der Waals surface area contributed by atoms with Gasteiger partial charge in [-0.2, -0.15) is 0 Å². The van der Waals surface area contributed by atoms with Crippen molar-refractivity contribution >= 4 is 45.7 Å². The summed E-state index contributed by atoms with van der Waals surface area (Å²) in [5, 5.41) is 6.51. The summed E-state index contributed by atoms with van der Waals surface area (Å²) in [5.74, 6) is 1.56. The van der Waals surface area contributed by atoms with Gasteiger partial charge in [-0.3, -0.25) is 14.7 Å². The van der Waals surface area contributed by atoms with Crippen molar-refractivity contribution in [3.05, 3.63) is 0 Å². The van der Waals surface area contributed by atoms with Gasteiger partial charge >= 0.3 is 0 Å². The Morgan fingerprint density at radius 1 is 1.15 bits per heavy atom. The van der Waals surface area contributed by atoms with Crippen LogP contribution in [0, 0.1) is 0 Å². The van der Waals surface area contributed by atoms with Gasteiger partial charge in [-0.1, -0.05) is 0 Å². The van der Waals surface area contributed by atoms with Gasteiger partial charge in [-0.25, -0.2) is 8.42 Å².